The molecule has 0 saturated heterocycles. The maximum Gasteiger partial charge on any atom is 0.0411 e. The van der Waals surface area contributed by atoms with Gasteiger partial charge in [-0.25, -0.2) is 0 Å². The smallest absolute Gasteiger partial charge is 0.0411 e. The molecule has 2 saturated carbocycles. The van der Waals surface area contributed by atoms with E-state index in [0.717, 1.165) is 55.5 Å². The van der Waals surface area contributed by atoms with Gasteiger partial charge in [-0.3, -0.25) is 0 Å². The van der Waals surface area contributed by atoms with Crippen LogP contribution in [0.5, 0.6) is 0 Å². The largest absolute Gasteiger partial charge is 0.399 e. The van der Waals surface area contributed by atoms with Gasteiger partial charge in [-0.2, -0.15) is 0 Å². The zero-order chi connectivity index (χ0) is 63.0. The van der Waals surface area contributed by atoms with Gasteiger partial charge in [0.05, 0.1) is 0 Å². The molecule has 2 aliphatic carbocycles. The van der Waals surface area contributed by atoms with Gasteiger partial charge in [-0.15, -0.1) is 0 Å². The number of aryl methyl sites for hydroxylation is 9. The van der Waals surface area contributed by atoms with E-state index in [0.29, 0.717) is 0 Å². The summed E-state index contributed by atoms with van der Waals surface area (Å²) >= 11 is 11.5. The first-order valence-electron chi connectivity index (χ1n) is 31.3. The minimum Gasteiger partial charge on any atom is -0.399 e. The van der Waals surface area contributed by atoms with Crippen molar-refractivity contribution in [1.82, 2.24) is 0 Å². The lowest BCUT2D eigenvalue weighted by molar-refractivity contribution is 0.487. The fourth-order valence-electron chi connectivity index (χ4n) is 11.4. The first-order chi connectivity index (χ1) is 42.5. The van der Waals surface area contributed by atoms with E-state index in [4.69, 9.17) is 34.7 Å². The van der Waals surface area contributed by atoms with Crippen molar-refractivity contribution in [2.45, 2.75) is 138 Å². The Bertz CT molecular complexity index is 3250. The van der Waals surface area contributed by atoms with Gasteiger partial charge in [0.15, 0.2) is 0 Å². The molecule has 12 rings (SSSR count). The molecule has 458 valence electrons. The Labute approximate surface area is 541 Å². The Kier molecular flexibility index (Phi) is 30.0. The molecule has 0 radical (unpaired) electrons. The van der Waals surface area contributed by atoms with E-state index in [9.17, 15) is 0 Å². The van der Waals surface area contributed by atoms with Crippen LogP contribution in [0.4, 0.5) is 34.1 Å². The third kappa shape index (κ3) is 26.0. The summed E-state index contributed by atoms with van der Waals surface area (Å²) in [5.74, 6) is 0. The summed E-state index contributed by atoms with van der Waals surface area (Å²) in [6.07, 6.45) is 14.7. The second kappa shape index (κ2) is 38.0. The van der Waals surface area contributed by atoms with Crippen molar-refractivity contribution < 1.29 is 0 Å². The van der Waals surface area contributed by atoms with E-state index in [-0.39, 0.29) is 7.92 Å². The monoisotopic (exact) mass is 1220 g/mol. The van der Waals surface area contributed by atoms with Gasteiger partial charge in [0.2, 0.25) is 0 Å². The molecule has 0 aliphatic heterocycles. The van der Waals surface area contributed by atoms with E-state index in [2.05, 4.69) is 167 Å². The zero-order valence-corrected chi connectivity index (χ0v) is 56.1. The molecule has 0 unspecified atom stereocenters. The topological polar surface area (TPSA) is 76.1 Å². The molecule has 10 aromatic rings. The number of hydrogen-bond donors (Lipinski definition) is 4. The number of hydrogen-bond acceptors (Lipinski definition) is 4. The predicted molar refractivity (Wildman–Crippen MR) is 392 cm³/mol. The van der Waals surface area contributed by atoms with Gasteiger partial charge >= 0.3 is 0 Å². The molecular formula is C81H95Cl2N4P. The maximum atomic E-state index is 5.75. The van der Waals surface area contributed by atoms with Crippen LogP contribution < -0.4 is 27.4 Å². The second-order valence-corrected chi connectivity index (χ2v) is 27.1. The van der Waals surface area contributed by atoms with E-state index in [1.54, 1.807) is 5.30 Å². The van der Waals surface area contributed by atoms with Crippen molar-refractivity contribution in [3.8, 4) is 11.1 Å². The van der Waals surface area contributed by atoms with Crippen molar-refractivity contribution >= 4 is 70.6 Å². The van der Waals surface area contributed by atoms with Crippen molar-refractivity contribution in [2.75, 3.05) is 22.1 Å². The SMILES string of the molecule is Cc1cc(C)cc(Cl)c1.Cc1cc(C)cc(Cl)c1.Cc1cc(C)cc(Nc2ccccc2)c1.Cc1cc(C)cc(Nc2ccccc2)c1.Cc1ccccc1-c1ccccc1P(C1CCCCC1)C1CCCCC1.Nc1ccccc1.Nc1ccccc1. The molecule has 0 bridgehead atoms. The second-order valence-electron chi connectivity index (χ2n) is 23.5. The van der Waals surface area contributed by atoms with Gasteiger partial charge in [-0.05, 0) is 263 Å². The summed E-state index contributed by atoms with van der Waals surface area (Å²) in [6, 6.07) is 82.8. The quantitative estimate of drug-likeness (QED) is 0.0903. The molecule has 2 fully saturated rings. The highest BCUT2D eigenvalue weighted by Gasteiger charge is 2.33. The number of nitrogens with two attached hydrogens (primary N) is 2. The molecule has 6 N–H and O–H groups in total. The van der Waals surface area contributed by atoms with Crippen LogP contribution in [-0.4, -0.2) is 11.3 Å². The first-order valence-corrected chi connectivity index (χ1v) is 33.5. The summed E-state index contributed by atoms with van der Waals surface area (Å²) in [5.41, 5.74) is 33.3. The number of nitrogen functional groups attached to an aromatic ring is 2. The van der Waals surface area contributed by atoms with E-state index in [1.165, 1.54) is 125 Å². The molecule has 0 aromatic heterocycles. The average molecular weight is 1230 g/mol. The molecule has 0 spiro atoms. The van der Waals surface area contributed by atoms with Crippen molar-refractivity contribution in [3.05, 3.63) is 303 Å². The molecule has 10 aromatic carbocycles. The highest BCUT2D eigenvalue weighted by molar-refractivity contribution is 7.67. The number of nitrogens with one attached hydrogen (secondary N) is 2. The highest BCUT2D eigenvalue weighted by atomic mass is 35.5. The summed E-state index contributed by atoms with van der Waals surface area (Å²) in [6.45, 7) is 18.9. The fraction of sp³-hybridized carbons (Fsp3) is 0.259. The summed E-state index contributed by atoms with van der Waals surface area (Å²) < 4.78 is 0. The maximum absolute atomic E-state index is 5.75. The van der Waals surface area contributed by atoms with Crippen LogP contribution in [0.2, 0.25) is 10.0 Å². The minimum absolute atomic E-state index is 0.0489. The van der Waals surface area contributed by atoms with Crippen molar-refractivity contribution in [1.29, 1.82) is 0 Å². The summed E-state index contributed by atoms with van der Waals surface area (Å²) in [5, 5.41) is 10.1. The molecule has 4 nitrogen and oxygen atoms in total. The summed E-state index contributed by atoms with van der Waals surface area (Å²) in [4.78, 5) is 0. The van der Waals surface area contributed by atoms with E-state index >= 15 is 0 Å². The zero-order valence-electron chi connectivity index (χ0n) is 53.7. The van der Waals surface area contributed by atoms with Crippen LogP contribution in [0, 0.1) is 62.3 Å². The Morgan fingerprint density at radius 3 is 0.898 bits per heavy atom. The van der Waals surface area contributed by atoms with Gasteiger partial charge < -0.3 is 22.1 Å². The molecule has 7 heteroatoms. The Hall–Kier alpha value is -7.59. The van der Waals surface area contributed by atoms with Gasteiger partial charge in [0.1, 0.15) is 0 Å². The molecule has 88 heavy (non-hydrogen) atoms. The predicted octanol–water partition coefficient (Wildman–Crippen LogP) is 24.0. The van der Waals surface area contributed by atoms with E-state index in [1.807, 2.05) is 149 Å². The Morgan fingerprint density at radius 1 is 0.307 bits per heavy atom. The molecular weight excluding hydrogens is 1130 g/mol. The van der Waals surface area contributed by atoms with Crippen LogP contribution in [0.25, 0.3) is 11.1 Å². The minimum atomic E-state index is -0.0489. The van der Waals surface area contributed by atoms with Crippen LogP contribution in [0.3, 0.4) is 0 Å². The first kappa shape index (κ1) is 69.5. The standard InChI is InChI=1S/C25H33P.2C14H15N.2C8H9Cl.2C6H7N/c1-20-12-8-9-17-23(20)24-18-10-11-19-25(24)26(21-13-4-2-5-14-21)22-15-6-3-7-16-22;2*1-11-8-12(2)10-14(9-11)15-13-6-4-3-5-7-13;2*1-6-3-7(2)5-8(9)4-6;2*7-6-4-2-1-3-5-6/h8-12,17-19,21-22H,2-7,13-16H2,1H3;2*3-10,15H,1-2H3;2*3-5H,1-2H3;2*1-5H,7H2. The number of para-hydroxylation sites is 4. The van der Waals surface area contributed by atoms with Crippen LogP contribution in [-0.2, 0) is 0 Å². The van der Waals surface area contributed by atoms with Crippen LogP contribution in [0.1, 0.15) is 114 Å². The number of benzene rings is 10. The van der Waals surface area contributed by atoms with Gasteiger partial charge in [0.25, 0.3) is 0 Å². The molecule has 2 aliphatic rings. The van der Waals surface area contributed by atoms with Crippen LogP contribution in [0.15, 0.2) is 243 Å². The number of rotatable bonds is 8. The third-order valence-electron chi connectivity index (χ3n) is 15.1. The molecule has 0 atom stereocenters. The highest BCUT2D eigenvalue weighted by Crippen LogP contribution is 2.56. The lowest BCUT2D eigenvalue weighted by atomic mass is 9.99. The molecule has 0 amide bonds. The Morgan fingerprint density at radius 2 is 0.591 bits per heavy atom. The van der Waals surface area contributed by atoms with Gasteiger partial charge in [0, 0.05) is 44.2 Å². The van der Waals surface area contributed by atoms with Crippen molar-refractivity contribution in [3.63, 3.8) is 0 Å². The van der Waals surface area contributed by atoms with Gasteiger partial charge in [-0.1, -0.05) is 215 Å². The number of anilines is 6. The summed E-state index contributed by atoms with van der Waals surface area (Å²) in [7, 11) is -0.0489. The Balaban J connectivity index is 0.000000174. The third-order valence-corrected chi connectivity index (χ3v) is 19.1. The fourth-order valence-corrected chi connectivity index (χ4v) is 16.1. The van der Waals surface area contributed by atoms with Crippen molar-refractivity contribution in [2.24, 2.45) is 0 Å². The molecule has 0 heterocycles. The lowest BCUT2D eigenvalue weighted by Crippen LogP contribution is -2.27. The normalized spacial score (nSPS) is 12.6. The lowest BCUT2D eigenvalue weighted by Gasteiger charge is -2.39. The number of halogens is 2. The average Bonchev–Trinajstić information content (AvgIpc) is 1.23. The van der Waals surface area contributed by atoms with E-state index < -0.39 is 0 Å². The van der Waals surface area contributed by atoms with Crippen LogP contribution >= 0.6 is 31.1 Å².